The van der Waals surface area contributed by atoms with Crippen LogP contribution >= 0.6 is 0 Å². The molecule has 2 N–H and O–H groups in total. The summed E-state index contributed by atoms with van der Waals surface area (Å²) in [5.41, 5.74) is 0.256. The molecule has 2 heterocycles. The van der Waals surface area contributed by atoms with E-state index in [2.05, 4.69) is 0 Å². The zero-order valence-corrected chi connectivity index (χ0v) is 16.7. The molecule has 8 nitrogen and oxygen atoms in total. The second-order valence-electron chi connectivity index (χ2n) is 6.83. The third kappa shape index (κ3) is 2.76. The van der Waals surface area contributed by atoms with Crippen LogP contribution in [0.5, 0.6) is 23.0 Å². The monoisotopic (exact) mass is 410 g/mol. The highest BCUT2D eigenvalue weighted by molar-refractivity contribution is 6.05. The average molecular weight is 410 g/mol. The predicted molar refractivity (Wildman–Crippen MR) is 110 cm³/mol. The van der Waals surface area contributed by atoms with Crippen LogP contribution in [0.3, 0.4) is 0 Å². The number of aromatic hydroxyl groups is 2. The van der Waals surface area contributed by atoms with Gasteiger partial charge in [-0.3, -0.25) is 0 Å². The van der Waals surface area contributed by atoms with Gasteiger partial charge < -0.3 is 28.5 Å². The molecular formula is C22H18O8. The van der Waals surface area contributed by atoms with Gasteiger partial charge in [0, 0.05) is 11.6 Å². The maximum atomic E-state index is 12.1. The molecule has 0 fully saturated rings. The van der Waals surface area contributed by atoms with Crippen molar-refractivity contribution in [3.63, 3.8) is 0 Å². The molecule has 0 saturated heterocycles. The van der Waals surface area contributed by atoms with Crippen LogP contribution in [0.25, 0.3) is 33.1 Å². The van der Waals surface area contributed by atoms with Crippen molar-refractivity contribution >= 4 is 21.9 Å². The van der Waals surface area contributed by atoms with Gasteiger partial charge in [0.15, 0.2) is 5.58 Å². The Hall–Kier alpha value is -3.94. The van der Waals surface area contributed by atoms with Crippen LogP contribution in [0.4, 0.5) is 0 Å². The lowest BCUT2D eigenvalue weighted by Crippen LogP contribution is -2.03. The first-order valence-electron chi connectivity index (χ1n) is 8.96. The molecule has 30 heavy (non-hydrogen) atoms. The molecule has 4 aromatic rings. The molecule has 0 aliphatic rings. The van der Waals surface area contributed by atoms with E-state index >= 15 is 0 Å². The third-order valence-electron chi connectivity index (χ3n) is 5.07. The van der Waals surface area contributed by atoms with E-state index in [1.807, 2.05) is 0 Å². The van der Waals surface area contributed by atoms with Crippen molar-refractivity contribution in [3.8, 4) is 34.1 Å². The number of hydrogen-bond acceptors (Lipinski definition) is 8. The Labute approximate surface area is 169 Å². The van der Waals surface area contributed by atoms with E-state index < -0.39 is 11.3 Å². The summed E-state index contributed by atoms with van der Waals surface area (Å²) in [6, 6.07) is 5.14. The zero-order chi connectivity index (χ0) is 21.7. The zero-order valence-electron chi connectivity index (χ0n) is 16.7. The minimum absolute atomic E-state index is 0.0611. The van der Waals surface area contributed by atoms with Crippen LogP contribution in [0.1, 0.15) is 11.1 Å². The van der Waals surface area contributed by atoms with E-state index in [0.29, 0.717) is 21.9 Å². The molecule has 0 aliphatic heterocycles. The molecular weight excluding hydrogens is 392 g/mol. The Morgan fingerprint density at radius 2 is 1.33 bits per heavy atom. The van der Waals surface area contributed by atoms with Gasteiger partial charge in [-0.15, -0.1) is 0 Å². The smallest absolute Gasteiger partial charge is 0.339 e. The number of phenols is 2. The van der Waals surface area contributed by atoms with Gasteiger partial charge in [-0.2, -0.15) is 0 Å². The number of fused-ring (bicyclic) bond motifs is 2. The lowest BCUT2D eigenvalue weighted by Gasteiger charge is -2.17. The van der Waals surface area contributed by atoms with Crippen LogP contribution in [-0.2, 0) is 0 Å². The summed E-state index contributed by atoms with van der Waals surface area (Å²) in [5.74, 6) is 0.0456. The van der Waals surface area contributed by atoms with E-state index in [-0.39, 0.29) is 45.3 Å². The number of benzene rings is 2. The minimum Gasteiger partial charge on any atom is -0.507 e. The van der Waals surface area contributed by atoms with Crippen molar-refractivity contribution in [2.75, 3.05) is 14.2 Å². The first-order chi connectivity index (χ1) is 14.3. The Kier molecular flexibility index (Phi) is 4.42. The van der Waals surface area contributed by atoms with Gasteiger partial charge in [-0.1, -0.05) is 0 Å². The largest absolute Gasteiger partial charge is 0.507 e. The van der Waals surface area contributed by atoms with Gasteiger partial charge in [0.05, 0.1) is 42.7 Å². The Bertz CT molecular complexity index is 1440. The molecule has 0 bridgehead atoms. The number of aryl methyl sites for hydroxylation is 2. The standard InChI is InChI=1S/C22H18O8/c1-9-5-11(23)21(22-18(9)13(27-3)7-17(26)30-22)19-10(2)20-14(28-4)8-16(25)29-15(20)6-12(19)24/h5-8,23-24H,1-4H3. The summed E-state index contributed by atoms with van der Waals surface area (Å²) in [5, 5.41) is 22.5. The normalized spacial score (nSPS) is 11.2. The van der Waals surface area contributed by atoms with Gasteiger partial charge >= 0.3 is 11.3 Å². The van der Waals surface area contributed by atoms with Gasteiger partial charge in [-0.05, 0) is 31.0 Å². The van der Waals surface area contributed by atoms with Crippen LogP contribution in [-0.4, -0.2) is 24.4 Å². The van der Waals surface area contributed by atoms with E-state index in [1.54, 1.807) is 13.8 Å². The topological polar surface area (TPSA) is 119 Å². The molecule has 0 saturated carbocycles. The van der Waals surface area contributed by atoms with E-state index in [1.165, 1.54) is 38.5 Å². The quantitative estimate of drug-likeness (QED) is 0.492. The summed E-state index contributed by atoms with van der Waals surface area (Å²) < 4.78 is 21.3. The summed E-state index contributed by atoms with van der Waals surface area (Å²) in [6.45, 7) is 3.41. The fraction of sp³-hybridized carbons (Fsp3) is 0.182. The summed E-state index contributed by atoms with van der Waals surface area (Å²) in [6.07, 6.45) is 0. The second-order valence-corrected chi connectivity index (χ2v) is 6.83. The predicted octanol–water partition coefficient (Wildman–Crippen LogP) is 3.61. The lowest BCUT2D eigenvalue weighted by atomic mass is 9.92. The lowest BCUT2D eigenvalue weighted by molar-refractivity contribution is 0.412. The first-order valence-corrected chi connectivity index (χ1v) is 8.96. The highest BCUT2D eigenvalue weighted by Gasteiger charge is 2.25. The van der Waals surface area contributed by atoms with E-state index in [4.69, 9.17) is 18.3 Å². The SMILES string of the molecule is COc1cc(=O)oc2cc(O)c(-c3c(O)cc(C)c4c(OC)cc(=O)oc34)c(C)c12. The van der Waals surface area contributed by atoms with Crippen LogP contribution < -0.4 is 20.7 Å². The molecule has 0 amide bonds. The summed E-state index contributed by atoms with van der Waals surface area (Å²) in [7, 11) is 2.83. The molecule has 154 valence electrons. The molecule has 0 spiro atoms. The van der Waals surface area contributed by atoms with Crippen molar-refractivity contribution in [2.24, 2.45) is 0 Å². The minimum atomic E-state index is -0.674. The number of ether oxygens (including phenoxy) is 2. The third-order valence-corrected chi connectivity index (χ3v) is 5.07. The molecule has 2 aromatic carbocycles. The summed E-state index contributed by atoms with van der Waals surface area (Å²) >= 11 is 0. The fourth-order valence-electron chi connectivity index (χ4n) is 3.84. The van der Waals surface area contributed by atoms with Crippen molar-refractivity contribution in [3.05, 3.63) is 56.2 Å². The van der Waals surface area contributed by atoms with Gasteiger partial charge in [0.2, 0.25) is 0 Å². The maximum Gasteiger partial charge on any atom is 0.339 e. The fourth-order valence-corrected chi connectivity index (χ4v) is 3.84. The van der Waals surface area contributed by atoms with Gasteiger partial charge in [0.1, 0.15) is 28.6 Å². The summed E-state index contributed by atoms with van der Waals surface area (Å²) in [4.78, 5) is 23.9. The highest BCUT2D eigenvalue weighted by Crippen LogP contribution is 2.47. The molecule has 0 aliphatic carbocycles. The van der Waals surface area contributed by atoms with Gasteiger partial charge in [-0.25, -0.2) is 9.59 Å². The van der Waals surface area contributed by atoms with E-state index in [0.717, 1.165) is 0 Å². The second kappa shape index (κ2) is 6.84. The van der Waals surface area contributed by atoms with E-state index in [9.17, 15) is 19.8 Å². The van der Waals surface area contributed by atoms with Crippen LogP contribution in [0.15, 0.2) is 42.7 Å². The number of rotatable bonds is 3. The maximum absolute atomic E-state index is 12.1. The Morgan fingerprint density at radius 1 is 0.767 bits per heavy atom. The highest BCUT2D eigenvalue weighted by atomic mass is 16.5. The Morgan fingerprint density at radius 3 is 1.97 bits per heavy atom. The van der Waals surface area contributed by atoms with Crippen LogP contribution in [0.2, 0.25) is 0 Å². The molecule has 0 atom stereocenters. The first kappa shape index (κ1) is 19.4. The van der Waals surface area contributed by atoms with Crippen molar-refractivity contribution in [1.29, 1.82) is 0 Å². The number of phenolic OH excluding ortho intramolecular Hbond substituents is 2. The number of methoxy groups -OCH3 is 2. The molecule has 8 heteroatoms. The molecule has 0 radical (unpaired) electrons. The van der Waals surface area contributed by atoms with Crippen molar-refractivity contribution in [1.82, 2.24) is 0 Å². The molecule has 4 rings (SSSR count). The Balaban J connectivity index is 2.24. The molecule has 0 unspecified atom stereocenters. The molecule has 2 aromatic heterocycles. The van der Waals surface area contributed by atoms with Crippen molar-refractivity contribution < 1.29 is 28.5 Å². The number of hydrogen-bond donors (Lipinski definition) is 2. The van der Waals surface area contributed by atoms with Gasteiger partial charge in [0.25, 0.3) is 0 Å². The van der Waals surface area contributed by atoms with Crippen molar-refractivity contribution in [2.45, 2.75) is 13.8 Å². The average Bonchev–Trinajstić information content (AvgIpc) is 2.68. The van der Waals surface area contributed by atoms with Crippen LogP contribution in [0, 0.1) is 13.8 Å².